The van der Waals surface area contributed by atoms with E-state index < -0.39 is 0 Å². The highest BCUT2D eigenvalue weighted by Gasteiger charge is 2.18. The summed E-state index contributed by atoms with van der Waals surface area (Å²) in [6.07, 6.45) is 2.01. The van der Waals surface area contributed by atoms with Gasteiger partial charge < -0.3 is 5.32 Å². The minimum atomic E-state index is 0.162. The lowest BCUT2D eigenvalue weighted by Crippen LogP contribution is -2.41. The second-order valence-electron chi connectivity index (χ2n) is 6.98. The van der Waals surface area contributed by atoms with E-state index >= 15 is 0 Å². The van der Waals surface area contributed by atoms with E-state index in [9.17, 15) is 0 Å². The van der Waals surface area contributed by atoms with Crippen LogP contribution in [0.5, 0.6) is 0 Å². The van der Waals surface area contributed by atoms with Crippen LogP contribution in [-0.2, 0) is 12.0 Å². The number of nitrogens with one attached hydrogen (secondary N) is 1. The molecule has 0 saturated carbocycles. The molecule has 0 aliphatic heterocycles. The van der Waals surface area contributed by atoms with Gasteiger partial charge in [-0.1, -0.05) is 20.8 Å². The summed E-state index contributed by atoms with van der Waals surface area (Å²) in [5.74, 6) is 0. The third kappa shape index (κ3) is 5.51. The summed E-state index contributed by atoms with van der Waals surface area (Å²) in [5, 5.41) is 4.76. The van der Waals surface area contributed by atoms with Crippen molar-refractivity contribution in [2.45, 2.75) is 72.5 Å². The largest absolute Gasteiger partial charge is 0.311 e. The maximum Gasteiger partial charge on any atom is 0.0981 e. The number of hydrogen-bond donors (Lipinski definition) is 1. The molecule has 1 N–H and O–H groups in total. The molecule has 0 aromatic carbocycles. The Morgan fingerprint density at radius 1 is 1.20 bits per heavy atom. The molecule has 1 rings (SSSR count). The van der Waals surface area contributed by atoms with Crippen LogP contribution in [0.15, 0.2) is 6.20 Å². The van der Waals surface area contributed by atoms with E-state index in [1.165, 1.54) is 9.88 Å². The maximum atomic E-state index is 4.53. The molecule has 20 heavy (non-hydrogen) atoms. The first kappa shape index (κ1) is 17.6. The lowest BCUT2D eigenvalue weighted by molar-refractivity contribution is 0.176. The molecule has 0 aliphatic carbocycles. The fourth-order valence-corrected chi connectivity index (χ4v) is 3.21. The molecule has 0 bridgehead atoms. The summed E-state index contributed by atoms with van der Waals surface area (Å²) < 4.78 is 0. The van der Waals surface area contributed by atoms with E-state index in [1.807, 2.05) is 17.5 Å². The first-order valence-corrected chi connectivity index (χ1v) is 8.45. The molecule has 116 valence electrons. The van der Waals surface area contributed by atoms with Gasteiger partial charge in [0.1, 0.15) is 0 Å². The highest BCUT2D eigenvalue weighted by Crippen LogP contribution is 2.26. The number of hydrogen-bond acceptors (Lipinski definition) is 4. The quantitative estimate of drug-likeness (QED) is 0.779. The average Bonchev–Trinajstić information content (AvgIpc) is 2.76. The molecule has 3 nitrogen and oxygen atoms in total. The standard InChI is InChI=1S/C16H31N3S/c1-12(2)19(13(3)4)9-8-17-10-14-11-18-15(20-14)16(5,6)7/h11-13,17H,8-10H2,1-7H3. The van der Waals surface area contributed by atoms with Gasteiger partial charge in [0.15, 0.2) is 0 Å². The van der Waals surface area contributed by atoms with Crippen molar-refractivity contribution < 1.29 is 0 Å². The number of rotatable bonds is 7. The third-order valence-corrected chi connectivity index (χ3v) is 4.79. The lowest BCUT2D eigenvalue weighted by atomic mass is 9.98. The van der Waals surface area contributed by atoms with Gasteiger partial charge >= 0.3 is 0 Å². The Kier molecular flexibility index (Phi) is 6.62. The van der Waals surface area contributed by atoms with Crippen LogP contribution < -0.4 is 5.32 Å². The summed E-state index contributed by atoms with van der Waals surface area (Å²) in [4.78, 5) is 8.37. The lowest BCUT2D eigenvalue weighted by Gasteiger charge is -2.30. The van der Waals surface area contributed by atoms with Crippen molar-refractivity contribution in [1.82, 2.24) is 15.2 Å². The number of nitrogens with zero attached hydrogens (tertiary/aromatic N) is 2. The van der Waals surface area contributed by atoms with E-state index in [2.05, 4.69) is 63.7 Å². The summed E-state index contributed by atoms with van der Waals surface area (Å²) in [6.45, 7) is 18.7. The van der Waals surface area contributed by atoms with Crippen molar-refractivity contribution in [3.63, 3.8) is 0 Å². The monoisotopic (exact) mass is 297 g/mol. The van der Waals surface area contributed by atoms with Crippen LogP contribution in [0.1, 0.15) is 58.4 Å². The van der Waals surface area contributed by atoms with E-state index in [0.29, 0.717) is 12.1 Å². The van der Waals surface area contributed by atoms with E-state index in [1.54, 1.807) is 0 Å². The summed E-state index contributed by atoms with van der Waals surface area (Å²) in [5.41, 5.74) is 0.162. The zero-order chi connectivity index (χ0) is 15.3. The highest BCUT2D eigenvalue weighted by atomic mass is 32.1. The Hall–Kier alpha value is -0.450. The second-order valence-corrected chi connectivity index (χ2v) is 8.10. The summed E-state index contributed by atoms with van der Waals surface area (Å²) >= 11 is 1.82. The van der Waals surface area contributed by atoms with Crippen LogP contribution in [0.2, 0.25) is 0 Å². The highest BCUT2D eigenvalue weighted by molar-refractivity contribution is 7.11. The third-order valence-electron chi connectivity index (χ3n) is 3.37. The molecule has 0 atom stereocenters. The zero-order valence-electron chi connectivity index (χ0n) is 14.2. The van der Waals surface area contributed by atoms with Gasteiger partial charge in [-0.05, 0) is 27.7 Å². The average molecular weight is 298 g/mol. The van der Waals surface area contributed by atoms with Gasteiger partial charge in [-0.2, -0.15) is 0 Å². The zero-order valence-corrected chi connectivity index (χ0v) is 15.0. The summed E-state index contributed by atoms with van der Waals surface area (Å²) in [6, 6.07) is 1.21. The Morgan fingerprint density at radius 2 is 1.80 bits per heavy atom. The molecule has 0 radical (unpaired) electrons. The van der Waals surface area contributed by atoms with Gasteiger partial charge in [-0.25, -0.2) is 4.98 Å². The smallest absolute Gasteiger partial charge is 0.0981 e. The number of aromatic nitrogens is 1. The molecule has 0 aliphatic rings. The molecule has 0 spiro atoms. The molecule has 0 saturated heterocycles. The van der Waals surface area contributed by atoms with Crippen molar-refractivity contribution in [3.8, 4) is 0 Å². The number of thiazole rings is 1. The molecule has 1 aromatic rings. The first-order valence-electron chi connectivity index (χ1n) is 7.63. The van der Waals surface area contributed by atoms with Crippen molar-refractivity contribution in [1.29, 1.82) is 0 Å². The minimum absolute atomic E-state index is 0.162. The molecule has 4 heteroatoms. The molecule has 0 unspecified atom stereocenters. The molecular formula is C16H31N3S. The van der Waals surface area contributed by atoms with Gasteiger partial charge in [0, 0.05) is 48.2 Å². The van der Waals surface area contributed by atoms with E-state index in [4.69, 9.17) is 0 Å². The normalized spacial score (nSPS) is 12.9. The topological polar surface area (TPSA) is 28.2 Å². The van der Waals surface area contributed by atoms with Crippen molar-refractivity contribution in [3.05, 3.63) is 16.1 Å². The Morgan fingerprint density at radius 3 is 2.25 bits per heavy atom. The van der Waals surface area contributed by atoms with Crippen molar-refractivity contribution in [2.24, 2.45) is 0 Å². The maximum absolute atomic E-state index is 4.53. The molecular weight excluding hydrogens is 266 g/mol. The molecule has 0 amide bonds. The summed E-state index contributed by atoms with van der Waals surface area (Å²) in [7, 11) is 0. The van der Waals surface area contributed by atoms with Crippen LogP contribution in [0.4, 0.5) is 0 Å². The Labute approximate surface area is 128 Å². The van der Waals surface area contributed by atoms with Gasteiger partial charge in [0.05, 0.1) is 5.01 Å². The SMILES string of the molecule is CC(C)N(CCNCc1cnc(C(C)(C)C)s1)C(C)C. The fourth-order valence-electron chi connectivity index (χ4n) is 2.27. The van der Waals surface area contributed by atoms with Crippen molar-refractivity contribution in [2.75, 3.05) is 13.1 Å². The van der Waals surface area contributed by atoms with Gasteiger partial charge in [-0.3, -0.25) is 4.90 Å². The minimum Gasteiger partial charge on any atom is -0.311 e. The van der Waals surface area contributed by atoms with E-state index in [-0.39, 0.29) is 5.41 Å². The van der Waals surface area contributed by atoms with Crippen molar-refractivity contribution >= 4 is 11.3 Å². The Balaban J connectivity index is 2.36. The van der Waals surface area contributed by atoms with Crippen LogP contribution in [-0.4, -0.2) is 35.1 Å². The van der Waals surface area contributed by atoms with Crippen LogP contribution in [0.3, 0.4) is 0 Å². The fraction of sp³-hybridized carbons (Fsp3) is 0.812. The molecule has 1 aromatic heterocycles. The predicted octanol–water partition coefficient (Wildman–Crippen LogP) is 3.65. The van der Waals surface area contributed by atoms with Crippen LogP contribution >= 0.6 is 11.3 Å². The van der Waals surface area contributed by atoms with Gasteiger partial charge in [-0.15, -0.1) is 11.3 Å². The Bertz CT molecular complexity index is 383. The second kappa shape index (κ2) is 7.53. The predicted molar refractivity (Wildman–Crippen MR) is 89.5 cm³/mol. The first-order chi connectivity index (χ1) is 9.21. The van der Waals surface area contributed by atoms with Gasteiger partial charge in [0.2, 0.25) is 0 Å². The van der Waals surface area contributed by atoms with E-state index in [0.717, 1.165) is 19.6 Å². The van der Waals surface area contributed by atoms with Gasteiger partial charge in [0.25, 0.3) is 0 Å². The van der Waals surface area contributed by atoms with Crippen LogP contribution in [0.25, 0.3) is 0 Å². The molecule has 1 heterocycles. The molecule has 0 fully saturated rings. The van der Waals surface area contributed by atoms with Crippen LogP contribution in [0, 0.1) is 0 Å².